The summed E-state index contributed by atoms with van der Waals surface area (Å²) in [5, 5.41) is 0. The molecule has 5 nitrogen and oxygen atoms in total. The minimum atomic E-state index is -0.157. The van der Waals surface area contributed by atoms with Gasteiger partial charge >= 0.3 is 0 Å². The number of ketones is 1. The van der Waals surface area contributed by atoms with Gasteiger partial charge in [0.2, 0.25) is 11.7 Å². The number of rotatable bonds is 4. The lowest BCUT2D eigenvalue weighted by molar-refractivity contribution is 0.103. The normalized spacial score (nSPS) is 10.8. The molecular formula is C19H12IN3O2. The molecule has 0 bridgehead atoms. The molecule has 0 aliphatic heterocycles. The highest BCUT2D eigenvalue weighted by Crippen LogP contribution is 2.24. The van der Waals surface area contributed by atoms with Gasteiger partial charge in [0.15, 0.2) is 5.82 Å². The number of carbonyl (C=O) groups excluding carboxylic acids is 1. The molecule has 0 aliphatic carbocycles. The Hall–Kier alpha value is -2.74. The lowest BCUT2D eigenvalue weighted by Crippen LogP contribution is -2.03. The van der Waals surface area contributed by atoms with Gasteiger partial charge in [-0.3, -0.25) is 4.79 Å². The Labute approximate surface area is 157 Å². The van der Waals surface area contributed by atoms with Crippen LogP contribution >= 0.6 is 22.6 Å². The monoisotopic (exact) mass is 441 g/mol. The summed E-state index contributed by atoms with van der Waals surface area (Å²) in [6.07, 6.45) is 1.68. The van der Waals surface area contributed by atoms with Crippen LogP contribution < -0.4 is 4.74 Å². The van der Waals surface area contributed by atoms with E-state index in [2.05, 4.69) is 37.5 Å². The minimum Gasteiger partial charge on any atom is -0.438 e. The average Bonchev–Trinajstić information content (AvgIpc) is 3.08. The van der Waals surface area contributed by atoms with E-state index in [9.17, 15) is 4.79 Å². The van der Waals surface area contributed by atoms with Crippen molar-refractivity contribution in [2.24, 2.45) is 0 Å². The second-order valence-corrected chi connectivity index (χ2v) is 6.51. The summed E-state index contributed by atoms with van der Waals surface area (Å²) in [5.74, 6) is 1.33. The van der Waals surface area contributed by atoms with E-state index >= 15 is 0 Å². The summed E-state index contributed by atoms with van der Waals surface area (Å²) in [4.78, 5) is 24.2. The number of aromatic nitrogens is 3. The number of nitrogens with zero attached hydrogens (tertiary/aromatic N) is 2. The molecule has 0 unspecified atom stereocenters. The van der Waals surface area contributed by atoms with Crippen LogP contribution in [0.3, 0.4) is 0 Å². The molecule has 6 heteroatoms. The summed E-state index contributed by atoms with van der Waals surface area (Å²) in [7, 11) is 0. The predicted molar refractivity (Wildman–Crippen MR) is 103 cm³/mol. The number of carbonyl (C=O) groups is 1. The maximum Gasteiger partial charge on any atom is 0.232 e. The fourth-order valence-electron chi connectivity index (χ4n) is 2.43. The smallest absolute Gasteiger partial charge is 0.232 e. The zero-order valence-electron chi connectivity index (χ0n) is 12.9. The van der Waals surface area contributed by atoms with Crippen molar-refractivity contribution in [1.29, 1.82) is 0 Å². The number of hydrogen-bond acceptors (Lipinski definition) is 4. The van der Waals surface area contributed by atoms with Crippen LogP contribution in [-0.2, 0) is 0 Å². The highest BCUT2D eigenvalue weighted by Gasteiger charge is 2.14. The molecule has 4 rings (SSSR count). The molecule has 0 spiro atoms. The van der Waals surface area contributed by atoms with Gasteiger partial charge in [-0.05, 0) is 71.1 Å². The Morgan fingerprint density at radius 2 is 1.80 bits per heavy atom. The SMILES string of the molecule is O=C(c1ccc(Oc2ncccc2I)cc1)c1nc2ccccc2[nH]1. The number of H-pyrrole nitrogens is 1. The van der Waals surface area contributed by atoms with Gasteiger partial charge in [0.05, 0.1) is 14.6 Å². The van der Waals surface area contributed by atoms with Crippen LogP contribution in [0.5, 0.6) is 11.6 Å². The van der Waals surface area contributed by atoms with Gasteiger partial charge in [-0.2, -0.15) is 0 Å². The van der Waals surface area contributed by atoms with Gasteiger partial charge in [-0.15, -0.1) is 0 Å². The second-order valence-electron chi connectivity index (χ2n) is 5.35. The Morgan fingerprint density at radius 3 is 2.56 bits per heavy atom. The number of halogens is 1. The van der Waals surface area contributed by atoms with Gasteiger partial charge in [0.25, 0.3) is 0 Å². The summed E-state index contributed by atoms with van der Waals surface area (Å²) in [6.45, 7) is 0. The minimum absolute atomic E-state index is 0.157. The Morgan fingerprint density at radius 1 is 1.00 bits per heavy atom. The number of aromatic amines is 1. The molecule has 0 saturated carbocycles. The van der Waals surface area contributed by atoms with Crippen molar-refractivity contribution in [2.75, 3.05) is 0 Å². The molecule has 0 fully saturated rings. The van der Waals surface area contributed by atoms with E-state index in [1.807, 2.05) is 36.4 Å². The van der Waals surface area contributed by atoms with Crippen LogP contribution in [0.25, 0.3) is 11.0 Å². The number of ether oxygens (including phenoxy) is 1. The van der Waals surface area contributed by atoms with Gasteiger partial charge in [0.1, 0.15) is 5.75 Å². The lowest BCUT2D eigenvalue weighted by Gasteiger charge is -2.06. The fourth-order valence-corrected chi connectivity index (χ4v) is 2.89. The summed E-state index contributed by atoms with van der Waals surface area (Å²) >= 11 is 2.16. The van der Waals surface area contributed by atoms with E-state index in [1.54, 1.807) is 30.5 Å². The Bertz CT molecular complexity index is 1020. The molecule has 0 atom stereocenters. The van der Waals surface area contributed by atoms with Crippen LogP contribution in [0.2, 0.25) is 0 Å². The average molecular weight is 441 g/mol. The standard InChI is InChI=1S/C19H12IN3O2/c20-14-4-3-11-21-19(14)25-13-9-7-12(8-10-13)17(24)18-22-15-5-1-2-6-16(15)23-18/h1-11H,(H,22,23). The topological polar surface area (TPSA) is 67.9 Å². The molecule has 2 heterocycles. The first-order chi connectivity index (χ1) is 12.2. The third-order valence-corrected chi connectivity index (χ3v) is 4.48. The van der Waals surface area contributed by atoms with Crippen molar-refractivity contribution >= 4 is 39.4 Å². The highest BCUT2D eigenvalue weighted by molar-refractivity contribution is 14.1. The molecule has 122 valence electrons. The van der Waals surface area contributed by atoms with Crippen molar-refractivity contribution in [3.63, 3.8) is 0 Å². The number of nitrogens with one attached hydrogen (secondary N) is 1. The molecule has 0 aliphatic rings. The first kappa shape index (κ1) is 15.8. The lowest BCUT2D eigenvalue weighted by atomic mass is 10.1. The molecule has 0 amide bonds. The van der Waals surface area contributed by atoms with Crippen LogP contribution in [0.4, 0.5) is 0 Å². The molecule has 2 aromatic heterocycles. The first-order valence-electron chi connectivity index (χ1n) is 7.58. The van der Waals surface area contributed by atoms with E-state index in [4.69, 9.17) is 4.74 Å². The summed E-state index contributed by atoms with van der Waals surface area (Å²) < 4.78 is 6.66. The van der Waals surface area contributed by atoms with Crippen LogP contribution in [0.15, 0.2) is 66.9 Å². The first-order valence-corrected chi connectivity index (χ1v) is 8.66. The van der Waals surface area contributed by atoms with Crippen molar-refractivity contribution in [2.45, 2.75) is 0 Å². The largest absolute Gasteiger partial charge is 0.438 e. The van der Waals surface area contributed by atoms with Crippen LogP contribution in [0.1, 0.15) is 16.2 Å². The number of imidazole rings is 1. The molecule has 4 aromatic rings. The Balaban J connectivity index is 1.57. The van der Waals surface area contributed by atoms with Crippen LogP contribution in [-0.4, -0.2) is 20.7 Å². The number of pyridine rings is 1. The van der Waals surface area contributed by atoms with Gasteiger partial charge in [-0.1, -0.05) is 12.1 Å². The number of benzene rings is 2. The molecule has 0 saturated heterocycles. The third kappa shape index (κ3) is 3.25. The van der Waals surface area contributed by atoms with E-state index in [0.29, 0.717) is 23.0 Å². The zero-order valence-corrected chi connectivity index (χ0v) is 15.1. The van der Waals surface area contributed by atoms with Crippen molar-refractivity contribution in [3.05, 3.63) is 81.8 Å². The maximum absolute atomic E-state index is 12.6. The molecule has 2 aromatic carbocycles. The van der Waals surface area contributed by atoms with E-state index in [-0.39, 0.29) is 5.78 Å². The summed E-state index contributed by atoms with van der Waals surface area (Å²) in [6, 6.07) is 18.3. The molecule has 1 N–H and O–H groups in total. The van der Waals surface area contributed by atoms with Crippen molar-refractivity contribution in [1.82, 2.24) is 15.0 Å². The maximum atomic E-state index is 12.6. The third-order valence-electron chi connectivity index (χ3n) is 3.66. The van der Waals surface area contributed by atoms with Crippen molar-refractivity contribution in [3.8, 4) is 11.6 Å². The highest BCUT2D eigenvalue weighted by atomic mass is 127. The Kier molecular flexibility index (Phi) is 4.19. The fraction of sp³-hybridized carbons (Fsp3) is 0. The van der Waals surface area contributed by atoms with Crippen molar-refractivity contribution < 1.29 is 9.53 Å². The number of fused-ring (bicyclic) bond motifs is 1. The van der Waals surface area contributed by atoms with E-state index in [0.717, 1.165) is 14.6 Å². The quantitative estimate of drug-likeness (QED) is 0.372. The van der Waals surface area contributed by atoms with E-state index < -0.39 is 0 Å². The second kappa shape index (κ2) is 6.64. The van der Waals surface area contributed by atoms with Gasteiger partial charge in [-0.25, -0.2) is 9.97 Å². The van der Waals surface area contributed by atoms with Gasteiger partial charge in [0, 0.05) is 11.8 Å². The molecular weight excluding hydrogens is 429 g/mol. The van der Waals surface area contributed by atoms with E-state index in [1.165, 1.54) is 0 Å². The summed E-state index contributed by atoms with van der Waals surface area (Å²) in [5.41, 5.74) is 2.16. The van der Waals surface area contributed by atoms with Crippen LogP contribution in [0, 0.1) is 3.57 Å². The molecule has 0 radical (unpaired) electrons. The predicted octanol–water partition coefficient (Wildman–Crippen LogP) is 4.59. The zero-order chi connectivity index (χ0) is 17.2. The number of hydrogen-bond donors (Lipinski definition) is 1. The number of para-hydroxylation sites is 2. The van der Waals surface area contributed by atoms with Gasteiger partial charge < -0.3 is 9.72 Å². The molecule has 25 heavy (non-hydrogen) atoms.